The van der Waals surface area contributed by atoms with Crippen molar-refractivity contribution in [3.63, 3.8) is 0 Å². The average molecular weight is 293 g/mol. The summed E-state index contributed by atoms with van der Waals surface area (Å²) in [6.07, 6.45) is 0. The number of aromatic amines is 1. The van der Waals surface area contributed by atoms with Crippen LogP contribution in [-0.4, -0.2) is 41.4 Å². The summed E-state index contributed by atoms with van der Waals surface area (Å²) in [5.41, 5.74) is -0.814. The number of methoxy groups -OCH3 is 2. The molecule has 0 aliphatic rings. The fraction of sp³-hybridized carbons (Fsp3) is 0.250. The van der Waals surface area contributed by atoms with Gasteiger partial charge in [0.1, 0.15) is 0 Å². The van der Waals surface area contributed by atoms with Crippen LogP contribution in [0.25, 0.3) is 0 Å². The zero-order valence-corrected chi connectivity index (χ0v) is 16.3. The molecule has 1 aromatic rings. The van der Waals surface area contributed by atoms with Crippen molar-refractivity contribution in [2.24, 2.45) is 0 Å². The number of aromatic nitrogens is 1. The molecule has 0 fully saturated rings. The molecule has 1 rings (SSSR count). The molecule has 9 heteroatoms. The summed E-state index contributed by atoms with van der Waals surface area (Å²) in [5, 5.41) is 18.5. The molecular weight excluding hydrogens is 284 g/mol. The van der Waals surface area contributed by atoms with E-state index >= 15 is 0 Å². The van der Waals surface area contributed by atoms with E-state index in [-0.39, 0.29) is 103 Å². The normalized spacial score (nSPS) is 8.59. The summed E-state index contributed by atoms with van der Waals surface area (Å²) in [5.74, 6) is -3.31. The Balaban J connectivity index is 0. The van der Waals surface area contributed by atoms with E-state index in [0.29, 0.717) is 0 Å². The Kier molecular flexibility index (Phi) is 10.9. The van der Waals surface area contributed by atoms with Gasteiger partial charge in [0.25, 0.3) is 0 Å². The summed E-state index contributed by atoms with van der Waals surface area (Å²) in [6.45, 7) is 0. The number of hydrogen-bond donors (Lipinski definition) is 3. The maximum Gasteiger partial charge on any atom is 1.00 e. The molecule has 0 aromatic carbocycles. The van der Waals surface area contributed by atoms with Gasteiger partial charge in [-0.2, -0.15) is 0 Å². The number of ether oxygens (including phenoxy) is 2. The maximum atomic E-state index is 11.0. The van der Waals surface area contributed by atoms with Gasteiger partial charge in [-0.15, -0.1) is 0 Å². The molecule has 0 unspecified atom stereocenters. The van der Waals surface area contributed by atoms with Gasteiger partial charge in [0, 0.05) is 0 Å². The summed E-state index contributed by atoms with van der Waals surface area (Å²) in [4.78, 5) is 24.3. The molecule has 17 heavy (non-hydrogen) atoms. The van der Waals surface area contributed by atoms with Gasteiger partial charge in [-0.25, -0.2) is 9.59 Å². The molecule has 0 saturated carbocycles. The number of carbonyl (C=O) groups is 2. The van der Waals surface area contributed by atoms with Crippen LogP contribution in [0.2, 0.25) is 0 Å². The third-order valence-electron chi connectivity index (χ3n) is 1.73. The molecule has 0 radical (unpaired) electrons. The van der Waals surface area contributed by atoms with Gasteiger partial charge in [0.05, 0.1) is 14.2 Å². The number of rotatable bonds is 2. The molecule has 0 bridgehead atoms. The van der Waals surface area contributed by atoms with Gasteiger partial charge in [0.2, 0.25) is 0 Å². The predicted octanol–water partition coefficient (Wildman–Crippen LogP) is -5.99. The van der Waals surface area contributed by atoms with Crippen molar-refractivity contribution >= 4 is 11.9 Å². The Labute approximate surface area is 182 Å². The first kappa shape index (κ1) is 20.4. The monoisotopic (exact) mass is 293 g/mol. The van der Waals surface area contributed by atoms with Crippen LogP contribution < -0.4 is 103 Å². The topological polar surface area (TPSA) is 109 Å². The third kappa shape index (κ3) is 4.60. The van der Waals surface area contributed by atoms with Crippen LogP contribution in [0.1, 0.15) is 21.0 Å². The zero-order chi connectivity index (χ0) is 11.6. The smallest absolute Gasteiger partial charge is 0.503 e. The SMILES string of the molecule is COC(=O)c1[nH]c(C(=O)OC)c(O)c1O.[K+].[K+]. The predicted molar refractivity (Wildman–Crippen MR) is 46.8 cm³/mol. The first-order chi connectivity index (χ1) is 7.02. The summed E-state index contributed by atoms with van der Waals surface area (Å²) < 4.78 is 8.61. The van der Waals surface area contributed by atoms with Crippen LogP contribution in [0.4, 0.5) is 0 Å². The maximum absolute atomic E-state index is 11.0. The second-order valence-corrected chi connectivity index (χ2v) is 2.56. The van der Waals surface area contributed by atoms with Gasteiger partial charge < -0.3 is 24.7 Å². The molecule has 0 aliphatic heterocycles. The van der Waals surface area contributed by atoms with Crippen LogP contribution in [0.3, 0.4) is 0 Å². The molecule has 0 amide bonds. The molecule has 7 nitrogen and oxygen atoms in total. The quantitative estimate of drug-likeness (QED) is 0.370. The molecule has 0 atom stereocenters. The van der Waals surface area contributed by atoms with E-state index < -0.39 is 34.8 Å². The minimum absolute atomic E-state index is 0. The molecule has 0 spiro atoms. The Bertz CT molecular complexity index is 380. The second-order valence-electron chi connectivity index (χ2n) is 2.56. The number of hydrogen-bond acceptors (Lipinski definition) is 6. The van der Waals surface area contributed by atoms with Crippen LogP contribution >= 0.6 is 0 Å². The van der Waals surface area contributed by atoms with E-state index in [1.165, 1.54) is 0 Å². The number of esters is 2. The fourth-order valence-electron chi connectivity index (χ4n) is 0.980. The molecule has 3 N–H and O–H groups in total. The molecule has 0 aliphatic carbocycles. The average Bonchev–Trinajstić information content (AvgIpc) is 2.54. The van der Waals surface area contributed by atoms with E-state index in [1.54, 1.807) is 0 Å². The van der Waals surface area contributed by atoms with Gasteiger partial charge >= 0.3 is 115 Å². The first-order valence-electron chi connectivity index (χ1n) is 3.83. The Morgan fingerprint density at radius 3 is 1.47 bits per heavy atom. The van der Waals surface area contributed by atoms with Gasteiger partial charge in [-0.05, 0) is 0 Å². The van der Waals surface area contributed by atoms with Crippen molar-refractivity contribution in [2.75, 3.05) is 14.2 Å². The van der Waals surface area contributed by atoms with Crippen molar-refractivity contribution < 1.29 is 132 Å². The van der Waals surface area contributed by atoms with Crippen LogP contribution in [-0.2, 0) is 9.47 Å². The zero-order valence-electron chi connectivity index (χ0n) is 10.0. The van der Waals surface area contributed by atoms with Crippen LogP contribution in [0.15, 0.2) is 0 Å². The minimum atomic E-state index is -0.905. The van der Waals surface area contributed by atoms with Crippen molar-refractivity contribution in [1.82, 2.24) is 4.98 Å². The Hall–Kier alpha value is 1.09. The largest absolute Gasteiger partial charge is 1.00 e. The second kappa shape index (κ2) is 9.07. The molecule has 1 aromatic heterocycles. The van der Waals surface area contributed by atoms with Crippen LogP contribution in [0.5, 0.6) is 11.5 Å². The molecule has 82 valence electrons. The number of H-pyrrole nitrogens is 1. The minimum Gasteiger partial charge on any atom is -0.503 e. The van der Waals surface area contributed by atoms with E-state index in [1.807, 2.05) is 0 Å². The van der Waals surface area contributed by atoms with Crippen LogP contribution in [0, 0.1) is 0 Å². The van der Waals surface area contributed by atoms with Gasteiger partial charge in [0.15, 0.2) is 22.9 Å². The van der Waals surface area contributed by atoms with Crippen molar-refractivity contribution in [3.8, 4) is 11.5 Å². The summed E-state index contributed by atoms with van der Waals surface area (Å²) >= 11 is 0. The molecule has 0 saturated heterocycles. The standard InChI is InChI=1S/C8H9NO6.2K/c1-14-7(12)3-5(10)6(11)4(9-3)8(13)15-2;;/h9-11H,1-2H3;;/q;2*+1. The number of aromatic hydroxyl groups is 2. The molecule has 1 heterocycles. The van der Waals surface area contributed by atoms with Gasteiger partial charge in [-0.3, -0.25) is 0 Å². The number of carbonyl (C=O) groups excluding carboxylic acids is 2. The van der Waals surface area contributed by atoms with E-state index in [4.69, 9.17) is 0 Å². The Morgan fingerprint density at radius 2 is 1.24 bits per heavy atom. The third-order valence-corrected chi connectivity index (χ3v) is 1.73. The summed E-state index contributed by atoms with van der Waals surface area (Å²) in [7, 11) is 2.19. The summed E-state index contributed by atoms with van der Waals surface area (Å²) in [6, 6.07) is 0. The van der Waals surface area contributed by atoms with Crippen molar-refractivity contribution in [3.05, 3.63) is 11.4 Å². The fourth-order valence-corrected chi connectivity index (χ4v) is 0.980. The number of nitrogens with one attached hydrogen (secondary N) is 1. The van der Waals surface area contributed by atoms with E-state index in [9.17, 15) is 19.8 Å². The van der Waals surface area contributed by atoms with Crippen molar-refractivity contribution in [2.45, 2.75) is 0 Å². The molecular formula is C8H9K2NO6+2. The van der Waals surface area contributed by atoms with E-state index in [2.05, 4.69) is 14.5 Å². The van der Waals surface area contributed by atoms with Crippen molar-refractivity contribution in [1.29, 1.82) is 0 Å². The van der Waals surface area contributed by atoms with E-state index in [0.717, 1.165) is 14.2 Å². The Morgan fingerprint density at radius 1 is 0.941 bits per heavy atom. The van der Waals surface area contributed by atoms with Gasteiger partial charge in [-0.1, -0.05) is 0 Å². The first-order valence-corrected chi connectivity index (χ1v) is 3.83.